The molecule has 0 radical (unpaired) electrons. The first-order valence-electron chi connectivity index (χ1n) is 9.08. The molecule has 2 aromatic rings. The highest BCUT2D eigenvalue weighted by atomic mass is 16.1. The van der Waals surface area contributed by atoms with Crippen LogP contribution in [0.2, 0.25) is 0 Å². The number of aromatic nitrogens is 3. The van der Waals surface area contributed by atoms with Gasteiger partial charge in [0.15, 0.2) is 5.78 Å². The molecule has 0 spiro atoms. The van der Waals surface area contributed by atoms with E-state index in [0.29, 0.717) is 18.4 Å². The van der Waals surface area contributed by atoms with Gasteiger partial charge in [-0.25, -0.2) is 4.68 Å². The number of nitrogens with zero attached hydrogens (tertiary/aromatic N) is 4. The monoisotopic (exact) mass is 328 g/mol. The smallest absolute Gasteiger partial charge is 0.163 e. The van der Waals surface area contributed by atoms with Crippen LogP contribution in [0.1, 0.15) is 63.4 Å². The van der Waals surface area contributed by atoms with Crippen molar-refractivity contribution in [3.05, 3.63) is 23.8 Å². The molecule has 0 bridgehead atoms. The van der Waals surface area contributed by atoms with Crippen molar-refractivity contribution >= 4 is 16.8 Å². The standard InChI is InChI=1S/C19H28N4O/c1-13(2)22-9-5-6-15(12-22)10-19(24)16-7-8-18-17(11-16)20-21-23(18)14(3)4/h7-8,11,13-15H,5-6,9-10,12H2,1-4H3/t15-/m0/s1. The Morgan fingerprint density at radius 2 is 2.04 bits per heavy atom. The van der Waals surface area contributed by atoms with Crippen LogP contribution >= 0.6 is 0 Å². The predicted molar refractivity (Wildman–Crippen MR) is 96.3 cm³/mol. The molecule has 1 aliphatic rings. The molecule has 130 valence electrons. The van der Waals surface area contributed by atoms with E-state index in [9.17, 15) is 4.79 Å². The third-order valence-corrected chi connectivity index (χ3v) is 5.04. The first-order valence-corrected chi connectivity index (χ1v) is 9.08. The number of hydrogen-bond acceptors (Lipinski definition) is 4. The Labute approximate surface area is 144 Å². The number of rotatable bonds is 5. The van der Waals surface area contributed by atoms with Crippen molar-refractivity contribution in [2.24, 2.45) is 5.92 Å². The maximum absolute atomic E-state index is 12.7. The molecular formula is C19H28N4O. The minimum Gasteiger partial charge on any atom is -0.301 e. The van der Waals surface area contributed by atoms with Crippen molar-refractivity contribution in [1.82, 2.24) is 19.9 Å². The molecule has 1 aromatic carbocycles. The predicted octanol–water partition coefficient (Wildman–Crippen LogP) is 3.71. The fourth-order valence-corrected chi connectivity index (χ4v) is 3.61. The summed E-state index contributed by atoms with van der Waals surface area (Å²) < 4.78 is 1.89. The van der Waals surface area contributed by atoms with E-state index in [-0.39, 0.29) is 11.8 Å². The molecule has 1 saturated heterocycles. The Kier molecular flexibility index (Phi) is 4.99. The number of carbonyl (C=O) groups excluding carboxylic acids is 1. The third kappa shape index (κ3) is 3.51. The molecule has 3 rings (SSSR count). The largest absolute Gasteiger partial charge is 0.301 e. The molecule has 2 heterocycles. The van der Waals surface area contributed by atoms with E-state index in [1.165, 1.54) is 6.42 Å². The number of Topliss-reactive ketones (excluding diaryl/α,β-unsaturated/α-hetero) is 1. The molecule has 1 aliphatic heterocycles. The molecule has 0 unspecified atom stereocenters. The van der Waals surface area contributed by atoms with Crippen LogP contribution in [0.4, 0.5) is 0 Å². The second-order valence-corrected chi connectivity index (χ2v) is 7.56. The zero-order chi connectivity index (χ0) is 17.3. The van der Waals surface area contributed by atoms with Gasteiger partial charge in [-0.2, -0.15) is 0 Å². The van der Waals surface area contributed by atoms with Crippen LogP contribution in [0.3, 0.4) is 0 Å². The highest BCUT2D eigenvalue weighted by Crippen LogP contribution is 2.24. The van der Waals surface area contributed by atoms with E-state index >= 15 is 0 Å². The van der Waals surface area contributed by atoms with Gasteiger partial charge in [0.2, 0.25) is 0 Å². The van der Waals surface area contributed by atoms with Gasteiger partial charge in [0.25, 0.3) is 0 Å². The van der Waals surface area contributed by atoms with Crippen molar-refractivity contribution in [2.75, 3.05) is 13.1 Å². The van der Waals surface area contributed by atoms with Gasteiger partial charge in [0, 0.05) is 30.6 Å². The van der Waals surface area contributed by atoms with Crippen LogP contribution < -0.4 is 0 Å². The molecular weight excluding hydrogens is 300 g/mol. The highest BCUT2D eigenvalue weighted by molar-refractivity contribution is 5.98. The number of benzene rings is 1. The number of ketones is 1. The van der Waals surface area contributed by atoms with Crippen LogP contribution in [0.25, 0.3) is 11.0 Å². The molecule has 1 aromatic heterocycles. The Hall–Kier alpha value is -1.75. The summed E-state index contributed by atoms with van der Waals surface area (Å²) in [5, 5.41) is 8.41. The summed E-state index contributed by atoms with van der Waals surface area (Å²) in [4.78, 5) is 15.2. The molecule has 0 aliphatic carbocycles. The number of carbonyl (C=O) groups is 1. The van der Waals surface area contributed by atoms with Gasteiger partial charge in [-0.05, 0) is 71.2 Å². The number of piperidine rings is 1. The van der Waals surface area contributed by atoms with Crippen molar-refractivity contribution in [2.45, 2.75) is 59.0 Å². The Morgan fingerprint density at radius 3 is 2.75 bits per heavy atom. The second kappa shape index (κ2) is 7.01. The lowest BCUT2D eigenvalue weighted by atomic mass is 9.90. The van der Waals surface area contributed by atoms with Gasteiger partial charge >= 0.3 is 0 Å². The lowest BCUT2D eigenvalue weighted by Gasteiger charge is -2.35. The van der Waals surface area contributed by atoms with E-state index in [1.54, 1.807) is 0 Å². The molecule has 5 heteroatoms. The molecule has 24 heavy (non-hydrogen) atoms. The van der Waals surface area contributed by atoms with Crippen LogP contribution in [-0.4, -0.2) is 44.8 Å². The minimum atomic E-state index is 0.228. The lowest BCUT2D eigenvalue weighted by molar-refractivity contribution is 0.0890. The SMILES string of the molecule is CC(C)N1CCC[C@@H](CC(=O)c2ccc3c(c2)nnn3C(C)C)C1. The summed E-state index contributed by atoms with van der Waals surface area (Å²) >= 11 is 0. The summed E-state index contributed by atoms with van der Waals surface area (Å²) in [6.45, 7) is 10.8. The zero-order valence-corrected chi connectivity index (χ0v) is 15.2. The fraction of sp³-hybridized carbons (Fsp3) is 0.632. The summed E-state index contributed by atoms with van der Waals surface area (Å²) in [5.74, 6) is 0.697. The van der Waals surface area contributed by atoms with Crippen molar-refractivity contribution in [3.8, 4) is 0 Å². The van der Waals surface area contributed by atoms with E-state index < -0.39 is 0 Å². The van der Waals surface area contributed by atoms with Gasteiger partial charge in [0.05, 0.1) is 5.52 Å². The second-order valence-electron chi connectivity index (χ2n) is 7.56. The van der Waals surface area contributed by atoms with Gasteiger partial charge in [-0.3, -0.25) is 4.79 Å². The fourth-order valence-electron chi connectivity index (χ4n) is 3.61. The van der Waals surface area contributed by atoms with Crippen LogP contribution in [0.15, 0.2) is 18.2 Å². The molecule has 1 fully saturated rings. The molecule has 0 amide bonds. The first kappa shape index (κ1) is 17.1. The van der Waals surface area contributed by atoms with Gasteiger partial charge in [-0.15, -0.1) is 5.10 Å². The normalized spacial score (nSPS) is 19.5. The van der Waals surface area contributed by atoms with E-state index in [1.807, 2.05) is 22.9 Å². The Bertz CT molecular complexity index is 719. The van der Waals surface area contributed by atoms with Crippen molar-refractivity contribution in [1.29, 1.82) is 0 Å². The highest BCUT2D eigenvalue weighted by Gasteiger charge is 2.24. The summed E-state index contributed by atoms with van der Waals surface area (Å²) in [5.41, 5.74) is 2.56. The van der Waals surface area contributed by atoms with Gasteiger partial charge in [0.1, 0.15) is 5.52 Å². The molecule has 5 nitrogen and oxygen atoms in total. The quantitative estimate of drug-likeness (QED) is 0.785. The Morgan fingerprint density at radius 1 is 1.25 bits per heavy atom. The van der Waals surface area contributed by atoms with Crippen molar-refractivity contribution in [3.63, 3.8) is 0 Å². The maximum Gasteiger partial charge on any atom is 0.163 e. The summed E-state index contributed by atoms with van der Waals surface area (Å²) in [7, 11) is 0. The average molecular weight is 328 g/mol. The number of hydrogen-bond donors (Lipinski definition) is 0. The van der Waals surface area contributed by atoms with Crippen LogP contribution in [-0.2, 0) is 0 Å². The van der Waals surface area contributed by atoms with E-state index in [2.05, 4.69) is 42.9 Å². The minimum absolute atomic E-state index is 0.228. The molecule has 0 N–H and O–H groups in total. The summed E-state index contributed by atoms with van der Waals surface area (Å²) in [6, 6.07) is 6.62. The van der Waals surface area contributed by atoms with Crippen LogP contribution in [0, 0.1) is 5.92 Å². The topological polar surface area (TPSA) is 51.0 Å². The van der Waals surface area contributed by atoms with Gasteiger partial charge in [-0.1, -0.05) is 5.21 Å². The van der Waals surface area contributed by atoms with E-state index in [4.69, 9.17) is 0 Å². The van der Waals surface area contributed by atoms with Gasteiger partial charge < -0.3 is 4.90 Å². The first-order chi connectivity index (χ1) is 11.5. The van der Waals surface area contributed by atoms with Crippen molar-refractivity contribution < 1.29 is 4.79 Å². The lowest BCUT2D eigenvalue weighted by Crippen LogP contribution is -2.40. The Balaban J connectivity index is 1.72. The molecule has 0 saturated carbocycles. The maximum atomic E-state index is 12.7. The number of likely N-dealkylation sites (tertiary alicyclic amines) is 1. The summed E-state index contributed by atoms with van der Waals surface area (Å²) in [6.07, 6.45) is 2.98. The average Bonchev–Trinajstić information content (AvgIpc) is 2.98. The molecule has 1 atom stereocenters. The van der Waals surface area contributed by atoms with E-state index in [0.717, 1.165) is 36.1 Å². The third-order valence-electron chi connectivity index (χ3n) is 5.04. The van der Waals surface area contributed by atoms with Crippen LogP contribution in [0.5, 0.6) is 0 Å². The number of fused-ring (bicyclic) bond motifs is 1. The zero-order valence-electron chi connectivity index (χ0n) is 15.2.